The Kier molecular flexibility index (Phi) is 14.9. The largest absolute Gasteiger partial charge is 0.457 e. The van der Waals surface area contributed by atoms with Gasteiger partial charge in [0.1, 0.15) is 42.0 Å². The Morgan fingerprint density at radius 1 is 0.797 bits per heavy atom. The second kappa shape index (κ2) is 21.7. The molecular weight excluding hydrogens is 905 g/mol. The highest BCUT2D eigenvalue weighted by Crippen LogP contribution is 2.36. The molecule has 0 saturated carbocycles. The van der Waals surface area contributed by atoms with Crippen molar-refractivity contribution in [2.75, 3.05) is 83.7 Å². The fraction of sp³-hybridized carbons (Fsp3) is 0.408. The van der Waals surface area contributed by atoms with E-state index in [1.54, 1.807) is 23.1 Å². The lowest BCUT2D eigenvalue weighted by molar-refractivity contribution is -0.138. The van der Waals surface area contributed by atoms with Crippen molar-refractivity contribution in [2.24, 2.45) is 0 Å². The van der Waals surface area contributed by atoms with Gasteiger partial charge in [-0.05, 0) is 80.8 Å². The van der Waals surface area contributed by atoms with Crippen LogP contribution < -0.4 is 15.8 Å². The fourth-order valence-electron chi connectivity index (χ4n) is 9.26. The first kappa shape index (κ1) is 47.3. The Morgan fingerprint density at radius 2 is 1.58 bits per heavy atom. The summed E-state index contributed by atoms with van der Waals surface area (Å²) < 4.78 is 19.2. The number of carbonyl (C=O) groups is 6. The van der Waals surface area contributed by atoms with Gasteiger partial charge in [0.15, 0.2) is 5.65 Å². The minimum absolute atomic E-state index is 0.0485. The van der Waals surface area contributed by atoms with Gasteiger partial charge in [-0.2, -0.15) is 5.10 Å². The van der Waals surface area contributed by atoms with Gasteiger partial charge in [0, 0.05) is 68.3 Å². The number of piperidine rings is 2. The number of likely N-dealkylation sites (tertiary alicyclic amines) is 1. The smallest absolute Gasteiger partial charge is 0.263 e. The zero-order chi connectivity index (χ0) is 47.9. The molecule has 20 heteroatoms. The Bertz CT molecular complexity index is 2710. The Hall–Kier alpha value is -6.74. The number of imide groups is 2. The number of anilines is 1. The second-order valence-electron chi connectivity index (χ2n) is 17.3. The highest BCUT2D eigenvalue weighted by Gasteiger charge is 2.45. The number of hydrogen-bond acceptors (Lipinski definition) is 15. The summed E-state index contributed by atoms with van der Waals surface area (Å²) in [5.41, 5.74) is 9.09. The fourth-order valence-corrected chi connectivity index (χ4v) is 10.2. The van der Waals surface area contributed by atoms with Crippen molar-refractivity contribution in [1.29, 1.82) is 0 Å². The molecule has 3 fully saturated rings. The number of thioether (sulfide) groups is 1. The predicted molar refractivity (Wildman–Crippen MR) is 254 cm³/mol. The van der Waals surface area contributed by atoms with Gasteiger partial charge in [-0.1, -0.05) is 24.3 Å². The van der Waals surface area contributed by atoms with Gasteiger partial charge in [0.2, 0.25) is 23.6 Å². The van der Waals surface area contributed by atoms with Gasteiger partial charge >= 0.3 is 0 Å². The molecule has 0 radical (unpaired) electrons. The number of carbonyl (C=O) groups excluding carboxylic acids is 6. The van der Waals surface area contributed by atoms with Crippen LogP contribution in [0, 0.1) is 0 Å². The topological polar surface area (TPSA) is 225 Å². The van der Waals surface area contributed by atoms with E-state index in [-0.39, 0.29) is 61.6 Å². The zero-order valence-corrected chi connectivity index (χ0v) is 38.9. The number of amides is 6. The highest BCUT2D eigenvalue weighted by molar-refractivity contribution is 7.99. The molecular formula is C49H54N10O9S. The molecule has 3 N–H and O–H groups in total. The van der Waals surface area contributed by atoms with E-state index in [1.807, 2.05) is 64.2 Å². The molecule has 19 nitrogen and oxygen atoms in total. The van der Waals surface area contributed by atoms with Crippen molar-refractivity contribution in [3.8, 4) is 22.8 Å². The number of aromatic nitrogens is 4. The van der Waals surface area contributed by atoms with E-state index in [0.717, 1.165) is 35.6 Å². The molecule has 3 aromatic carbocycles. The molecule has 1 unspecified atom stereocenters. The number of nitrogens with one attached hydrogen (secondary N) is 1. The van der Waals surface area contributed by atoms with Crippen LogP contribution in [0.2, 0.25) is 0 Å². The molecule has 0 spiro atoms. The number of nitrogens with two attached hydrogens (primary N) is 1. The average Bonchev–Trinajstić information content (AvgIpc) is 3.88. The molecule has 3 saturated heterocycles. The number of hydrogen-bond donors (Lipinski definition) is 2. The minimum atomic E-state index is -1.02. The summed E-state index contributed by atoms with van der Waals surface area (Å²) in [6.45, 7) is 5.38. The zero-order valence-electron chi connectivity index (χ0n) is 38.1. The monoisotopic (exact) mass is 958 g/mol. The number of para-hydroxylation sites is 1. The Balaban J connectivity index is 0.660. The van der Waals surface area contributed by atoms with Gasteiger partial charge in [0.25, 0.3) is 11.8 Å². The van der Waals surface area contributed by atoms with Gasteiger partial charge in [-0.25, -0.2) is 14.6 Å². The van der Waals surface area contributed by atoms with Crippen LogP contribution in [0.15, 0.2) is 84.0 Å². The maximum absolute atomic E-state index is 13.6. The third-order valence-corrected chi connectivity index (χ3v) is 13.8. The first-order valence-corrected chi connectivity index (χ1v) is 24.3. The number of piperazine rings is 1. The maximum atomic E-state index is 13.6. The summed E-state index contributed by atoms with van der Waals surface area (Å²) in [5, 5.41) is 7.93. The standard InChI is InChI=1S/C49H54N10O9S/c50-45-43-44(32-13-15-35(16-14-32)68-34-8-2-1-3-9-34)54-59(46(43)52-31-51-45)33-7-5-20-57(29-33)40(61)12-6-19-55-21-23-56(24-22-55)41(62)30-67-26-25-66-27-28-69-38-11-4-10-36-42(38)49(65)58(48(36)64)37-17-18-39(60)53-47(37)63/h1-4,8-11,13-16,31,33,37H,5-7,12,17-30H2,(H2,50,51,52)(H,53,60,63)/t33-,37?/m1/s1. The molecule has 5 aromatic rings. The molecule has 360 valence electrons. The van der Waals surface area contributed by atoms with Crippen LogP contribution in [-0.4, -0.2) is 159 Å². The van der Waals surface area contributed by atoms with Crippen molar-refractivity contribution in [3.63, 3.8) is 0 Å². The Labute approximate surface area is 402 Å². The summed E-state index contributed by atoms with van der Waals surface area (Å²) in [6, 6.07) is 21.2. The molecule has 0 bridgehead atoms. The van der Waals surface area contributed by atoms with E-state index < -0.39 is 29.7 Å². The lowest BCUT2D eigenvalue weighted by Gasteiger charge is -2.35. The minimum Gasteiger partial charge on any atom is -0.457 e. The summed E-state index contributed by atoms with van der Waals surface area (Å²) in [4.78, 5) is 93.4. The number of fused-ring (bicyclic) bond motifs is 2. The van der Waals surface area contributed by atoms with Crippen molar-refractivity contribution in [3.05, 3.63) is 90.3 Å². The molecule has 4 aliphatic heterocycles. The van der Waals surface area contributed by atoms with Gasteiger partial charge in [0.05, 0.1) is 42.4 Å². The molecule has 9 rings (SSSR count). The quantitative estimate of drug-likeness (QED) is 0.0714. The van der Waals surface area contributed by atoms with Crippen LogP contribution in [0.5, 0.6) is 11.5 Å². The molecule has 2 aromatic heterocycles. The van der Waals surface area contributed by atoms with Crippen molar-refractivity contribution in [1.82, 2.24) is 44.7 Å². The van der Waals surface area contributed by atoms with E-state index >= 15 is 0 Å². The highest BCUT2D eigenvalue weighted by atomic mass is 32.2. The van der Waals surface area contributed by atoms with Crippen LogP contribution >= 0.6 is 11.8 Å². The van der Waals surface area contributed by atoms with Gasteiger partial charge in [-0.3, -0.25) is 43.9 Å². The van der Waals surface area contributed by atoms with E-state index in [0.29, 0.717) is 97.7 Å². The molecule has 69 heavy (non-hydrogen) atoms. The van der Waals surface area contributed by atoms with E-state index in [1.165, 1.54) is 18.1 Å². The van der Waals surface area contributed by atoms with Crippen LogP contribution in [0.1, 0.15) is 65.3 Å². The third kappa shape index (κ3) is 10.8. The van der Waals surface area contributed by atoms with Crippen LogP contribution in [-0.2, 0) is 28.7 Å². The van der Waals surface area contributed by atoms with Crippen LogP contribution in [0.25, 0.3) is 22.3 Å². The number of rotatable bonds is 18. The lowest BCUT2D eigenvalue weighted by Crippen LogP contribution is -2.54. The summed E-state index contributed by atoms with van der Waals surface area (Å²) in [7, 11) is 0. The van der Waals surface area contributed by atoms with E-state index in [4.69, 9.17) is 25.0 Å². The van der Waals surface area contributed by atoms with E-state index in [2.05, 4.69) is 20.2 Å². The number of benzene rings is 3. The predicted octanol–water partition coefficient (Wildman–Crippen LogP) is 4.18. The van der Waals surface area contributed by atoms with Crippen molar-refractivity contribution in [2.45, 2.75) is 55.5 Å². The summed E-state index contributed by atoms with van der Waals surface area (Å²) in [5.74, 6) is 0.158. The van der Waals surface area contributed by atoms with Gasteiger partial charge in [-0.15, -0.1) is 11.8 Å². The van der Waals surface area contributed by atoms with Gasteiger partial charge < -0.3 is 29.7 Å². The van der Waals surface area contributed by atoms with Crippen LogP contribution in [0.3, 0.4) is 0 Å². The Morgan fingerprint density at radius 3 is 2.38 bits per heavy atom. The van der Waals surface area contributed by atoms with Crippen LogP contribution in [0.4, 0.5) is 5.82 Å². The maximum Gasteiger partial charge on any atom is 0.263 e. The first-order chi connectivity index (χ1) is 33.6. The lowest BCUT2D eigenvalue weighted by atomic mass is 10.0. The first-order valence-electron chi connectivity index (χ1n) is 23.4. The summed E-state index contributed by atoms with van der Waals surface area (Å²) >= 11 is 1.37. The molecule has 2 atom stereocenters. The molecule has 4 aliphatic rings. The second-order valence-corrected chi connectivity index (χ2v) is 18.4. The summed E-state index contributed by atoms with van der Waals surface area (Å²) in [6.07, 6.45) is 4.43. The van der Waals surface area contributed by atoms with Crippen molar-refractivity contribution < 1.29 is 43.0 Å². The SMILES string of the molecule is Nc1ncnc2c1c(-c1ccc(Oc3ccccc3)cc1)nn2[C@@H]1CCCN(C(=O)CCCN2CCN(C(=O)COCCOCCSc3cccc4c3C(=O)N(C3CCC(=O)NC3=O)C4=O)CC2)C1. The molecule has 0 aliphatic carbocycles. The molecule has 6 heterocycles. The number of nitrogens with zero attached hydrogens (tertiary/aromatic N) is 8. The number of ether oxygens (including phenoxy) is 3. The van der Waals surface area contributed by atoms with E-state index in [9.17, 15) is 28.8 Å². The normalized spacial score (nSPS) is 18.8. The van der Waals surface area contributed by atoms with Crippen molar-refractivity contribution >= 4 is 64.1 Å². The third-order valence-electron chi connectivity index (χ3n) is 12.8. The average molecular weight is 959 g/mol. The number of nitrogen functional groups attached to an aromatic ring is 1. The molecule has 6 amide bonds.